The summed E-state index contributed by atoms with van der Waals surface area (Å²) in [6, 6.07) is 0. The van der Waals surface area contributed by atoms with Gasteiger partial charge in [-0.25, -0.2) is 8.42 Å². The van der Waals surface area contributed by atoms with E-state index in [0.29, 0.717) is 11.8 Å². The molecule has 2 fully saturated rings. The minimum absolute atomic E-state index is 0.168. The molecule has 0 bridgehead atoms. The van der Waals surface area contributed by atoms with Gasteiger partial charge in [0.25, 0.3) is 0 Å². The van der Waals surface area contributed by atoms with E-state index in [1.165, 1.54) is 7.11 Å². The highest BCUT2D eigenvalue weighted by Crippen LogP contribution is 2.51. The van der Waals surface area contributed by atoms with Crippen molar-refractivity contribution in [2.24, 2.45) is 17.3 Å². The van der Waals surface area contributed by atoms with Gasteiger partial charge in [0.1, 0.15) is 0 Å². The highest BCUT2D eigenvalue weighted by molar-refractivity contribution is 7.92. The lowest BCUT2D eigenvalue weighted by molar-refractivity contribution is -0.141. The fourth-order valence-electron chi connectivity index (χ4n) is 3.30. The number of hydrogen-bond donors (Lipinski definition) is 0. The van der Waals surface area contributed by atoms with Gasteiger partial charge in [0.2, 0.25) is 0 Å². The van der Waals surface area contributed by atoms with Gasteiger partial charge in [0, 0.05) is 0 Å². The molecule has 0 amide bonds. The first-order valence-corrected chi connectivity index (χ1v) is 9.28. The molecule has 4 nitrogen and oxygen atoms in total. The molecule has 0 aliphatic heterocycles. The molecular formula is C15H26O4S. The third kappa shape index (κ3) is 3.54. The molecule has 3 atom stereocenters. The van der Waals surface area contributed by atoms with Crippen LogP contribution in [0.15, 0.2) is 0 Å². The lowest BCUT2D eigenvalue weighted by Crippen LogP contribution is -2.35. The number of esters is 1. The van der Waals surface area contributed by atoms with Gasteiger partial charge in [-0.05, 0) is 49.4 Å². The SMILES string of the molecule is COC(=O)CC1(CS(=O)(=O)C2CCC(C)C(C)C2)CC1. The Bertz CT molecular complexity index is 464. The number of carbonyl (C=O) groups is 1. The lowest BCUT2D eigenvalue weighted by atomic mass is 9.81. The van der Waals surface area contributed by atoms with Gasteiger partial charge in [-0.1, -0.05) is 13.8 Å². The predicted molar refractivity (Wildman–Crippen MR) is 78.1 cm³/mol. The third-order valence-corrected chi connectivity index (χ3v) is 7.73. The first-order chi connectivity index (χ1) is 9.28. The molecule has 3 unspecified atom stereocenters. The van der Waals surface area contributed by atoms with E-state index in [2.05, 4.69) is 18.6 Å². The summed E-state index contributed by atoms with van der Waals surface area (Å²) in [4.78, 5) is 11.4. The fraction of sp³-hybridized carbons (Fsp3) is 0.933. The number of carbonyl (C=O) groups excluding carboxylic acids is 1. The molecule has 0 radical (unpaired) electrons. The van der Waals surface area contributed by atoms with Crippen LogP contribution in [0.2, 0.25) is 0 Å². The van der Waals surface area contributed by atoms with Crippen LogP contribution in [0, 0.1) is 17.3 Å². The van der Waals surface area contributed by atoms with Gasteiger partial charge in [0.15, 0.2) is 9.84 Å². The van der Waals surface area contributed by atoms with Crippen molar-refractivity contribution in [3.63, 3.8) is 0 Å². The third-order valence-electron chi connectivity index (χ3n) is 5.27. The zero-order chi connectivity index (χ0) is 15.0. The Kier molecular flexibility index (Phi) is 4.47. The average Bonchev–Trinajstić information content (AvgIpc) is 3.10. The summed E-state index contributed by atoms with van der Waals surface area (Å²) in [6.45, 7) is 4.35. The normalized spacial score (nSPS) is 32.6. The second-order valence-corrected chi connectivity index (χ2v) is 9.23. The number of methoxy groups -OCH3 is 1. The maximum Gasteiger partial charge on any atom is 0.306 e. The molecule has 2 aliphatic rings. The first-order valence-electron chi connectivity index (χ1n) is 7.56. The van der Waals surface area contributed by atoms with Crippen LogP contribution >= 0.6 is 0 Å². The largest absolute Gasteiger partial charge is 0.469 e. The number of rotatable bonds is 5. The Hall–Kier alpha value is -0.580. The topological polar surface area (TPSA) is 60.4 Å². The van der Waals surface area contributed by atoms with E-state index >= 15 is 0 Å². The summed E-state index contributed by atoms with van der Waals surface area (Å²) in [5.41, 5.74) is -0.321. The van der Waals surface area contributed by atoms with Gasteiger partial charge >= 0.3 is 5.97 Å². The molecule has 0 aromatic carbocycles. The van der Waals surface area contributed by atoms with E-state index in [-0.39, 0.29) is 28.8 Å². The summed E-state index contributed by atoms with van der Waals surface area (Å²) < 4.78 is 29.9. The summed E-state index contributed by atoms with van der Waals surface area (Å²) in [5, 5.41) is -0.205. The highest BCUT2D eigenvalue weighted by atomic mass is 32.2. The van der Waals surface area contributed by atoms with Crippen molar-refractivity contribution >= 4 is 15.8 Å². The summed E-state index contributed by atoms with van der Waals surface area (Å²) in [6.07, 6.45) is 4.47. The van der Waals surface area contributed by atoms with Crippen LogP contribution in [-0.4, -0.2) is 32.5 Å². The second kappa shape index (κ2) is 5.66. The van der Waals surface area contributed by atoms with Crippen LogP contribution < -0.4 is 0 Å². The zero-order valence-electron chi connectivity index (χ0n) is 12.7. The number of hydrogen-bond acceptors (Lipinski definition) is 4. The molecule has 0 N–H and O–H groups in total. The number of sulfone groups is 1. The zero-order valence-corrected chi connectivity index (χ0v) is 13.5. The maximum atomic E-state index is 12.6. The molecule has 0 spiro atoms. The van der Waals surface area contributed by atoms with Gasteiger partial charge in [0.05, 0.1) is 24.5 Å². The van der Waals surface area contributed by atoms with Gasteiger partial charge in [-0.15, -0.1) is 0 Å². The van der Waals surface area contributed by atoms with Crippen molar-refractivity contribution in [2.45, 2.75) is 57.6 Å². The molecule has 2 rings (SSSR count). The van der Waals surface area contributed by atoms with Crippen molar-refractivity contribution in [2.75, 3.05) is 12.9 Å². The quantitative estimate of drug-likeness (QED) is 0.732. The van der Waals surface area contributed by atoms with Crippen molar-refractivity contribution in [3.8, 4) is 0 Å². The Balaban J connectivity index is 1.99. The van der Waals surface area contributed by atoms with E-state index in [1.54, 1.807) is 0 Å². The summed E-state index contributed by atoms with van der Waals surface area (Å²) in [7, 11) is -1.74. The van der Waals surface area contributed by atoms with Gasteiger partial charge in [-0.3, -0.25) is 4.79 Å². The minimum atomic E-state index is -3.10. The standard InChI is InChI=1S/C15H26O4S/c1-11-4-5-13(8-12(11)2)20(17,18)10-15(6-7-15)9-14(16)19-3/h11-13H,4-10H2,1-3H3. The maximum absolute atomic E-state index is 12.6. The molecule has 20 heavy (non-hydrogen) atoms. The van der Waals surface area contributed by atoms with E-state index < -0.39 is 9.84 Å². The number of ether oxygens (including phenoxy) is 1. The summed E-state index contributed by atoms with van der Waals surface area (Å²) >= 11 is 0. The summed E-state index contributed by atoms with van der Waals surface area (Å²) in [5.74, 6) is 0.968. The predicted octanol–water partition coefficient (Wildman–Crippen LogP) is 2.57. The highest BCUT2D eigenvalue weighted by Gasteiger charge is 2.49. The second-order valence-electron chi connectivity index (χ2n) is 6.95. The Labute approximate surface area is 122 Å². The Morgan fingerprint density at radius 2 is 1.85 bits per heavy atom. The van der Waals surface area contributed by atoms with Gasteiger partial charge in [-0.2, -0.15) is 0 Å². The van der Waals surface area contributed by atoms with E-state index in [0.717, 1.165) is 32.1 Å². The fourth-order valence-corrected chi connectivity index (χ4v) is 5.87. The van der Waals surface area contributed by atoms with Crippen molar-refractivity contribution in [1.82, 2.24) is 0 Å². The molecule has 0 aromatic heterocycles. The van der Waals surface area contributed by atoms with Crippen LogP contribution in [0.4, 0.5) is 0 Å². The molecule has 0 heterocycles. The van der Waals surface area contributed by atoms with Crippen LogP contribution in [-0.2, 0) is 19.4 Å². The van der Waals surface area contributed by atoms with Crippen LogP contribution in [0.3, 0.4) is 0 Å². The molecule has 0 aromatic rings. The van der Waals surface area contributed by atoms with Crippen molar-refractivity contribution in [3.05, 3.63) is 0 Å². The van der Waals surface area contributed by atoms with Gasteiger partial charge < -0.3 is 4.74 Å². The van der Waals surface area contributed by atoms with Crippen LogP contribution in [0.25, 0.3) is 0 Å². The molecule has 2 saturated carbocycles. The molecule has 116 valence electrons. The monoisotopic (exact) mass is 302 g/mol. The lowest BCUT2D eigenvalue weighted by Gasteiger charge is -2.32. The molecule has 2 aliphatic carbocycles. The van der Waals surface area contributed by atoms with Crippen molar-refractivity contribution in [1.29, 1.82) is 0 Å². The minimum Gasteiger partial charge on any atom is -0.469 e. The smallest absolute Gasteiger partial charge is 0.306 e. The first kappa shape index (κ1) is 15.8. The van der Waals surface area contributed by atoms with E-state index in [4.69, 9.17) is 0 Å². The van der Waals surface area contributed by atoms with Crippen LogP contribution in [0.1, 0.15) is 52.4 Å². The Morgan fingerprint density at radius 3 is 2.35 bits per heavy atom. The van der Waals surface area contributed by atoms with E-state index in [9.17, 15) is 13.2 Å². The Morgan fingerprint density at radius 1 is 1.20 bits per heavy atom. The van der Waals surface area contributed by atoms with E-state index in [1.807, 2.05) is 0 Å². The molecule has 0 saturated heterocycles. The molecule has 5 heteroatoms. The van der Waals surface area contributed by atoms with Crippen molar-refractivity contribution < 1.29 is 17.9 Å². The molecular weight excluding hydrogens is 276 g/mol. The average molecular weight is 302 g/mol. The van der Waals surface area contributed by atoms with Crippen LogP contribution in [0.5, 0.6) is 0 Å².